The van der Waals surface area contributed by atoms with E-state index in [4.69, 9.17) is 11.6 Å². The fourth-order valence-electron chi connectivity index (χ4n) is 2.95. The molecule has 3 aromatic rings. The molecular weight excluding hydrogens is 324 g/mol. The third kappa shape index (κ3) is 3.50. The van der Waals surface area contributed by atoms with E-state index in [1.807, 2.05) is 36.4 Å². The average molecular weight is 341 g/mol. The van der Waals surface area contributed by atoms with Crippen LogP contribution in [0.5, 0.6) is 0 Å². The smallest absolute Gasteiger partial charge is 0.0496 e. The Morgan fingerprint density at radius 3 is 1.28 bits per heavy atom. The van der Waals surface area contributed by atoms with Crippen LogP contribution in [0.2, 0.25) is 5.02 Å². The first-order chi connectivity index (χ1) is 12.3. The highest BCUT2D eigenvalue weighted by atomic mass is 35.5. The zero-order chi connectivity index (χ0) is 17.1. The van der Waals surface area contributed by atoms with E-state index < -0.39 is 0 Å². The maximum Gasteiger partial charge on any atom is 0.0496 e. The van der Waals surface area contributed by atoms with Crippen LogP contribution in [0.15, 0.2) is 103 Å². The minimum atomic E-state index is 0.874. The zero-order valence-corrected chi connectivity index (χ0v) is 14.4. The molecule has 5 rings (SSSR count). The molecule has 0 nitrogen and oxygen atoms in total. The van der Waals surface area contributed by atoms with Crippen LogP contribution in [0.3, 0.4) is 0 Å². The Balaban J connectivity index is 0.000000126. The van der Waals surface area contributed by atoms with E-state index in [0.29, 0.717) is 0 Å². The largest absolute Gasteiger partial charge is 0.0836 e. The van der Waals surface area contributed by atoms with Gasteiger partial charge in [0.25, 0.3) is 0 Å². The summed E-state index contributed by atoms with van der Waals surface area (Å²) in [6, 6.07) is 35.2. The predicted octanol–water partition coefficient (Wildman–Crippen LogP) is 7.34. The number of hydrogen-bond donors (Lipinski definition) is 0. The lowest BCUT2D eigenvalue weighted by molar-refractivity contribution is 1.62. The number of hydrogen-bond acceptors (Lipinski definition) is 0. The molecule has 0 N–H and O–H groups in total. The molecule has 2 aliphatic carbocycles. The van der Waals surface area contributed by atoms with Crippen molar-refractivity contribution in [2.45, 2.75) is 0 Å². The van der Waals surface area contributed by atoms with E-state index in [0.717, 1.165) is 5.02 Å². The van der Waals surface area contributed by atoms with Crippen molar-refractivity contribution in [3.8, 4) is 33.4 Å². The van der Waals surface area contributed by atoms with Gasteiger partial charge in [0.1, 0.15) is 0 Å². The van der Waals surface area contributed by atoms with Gasteiger partial charge in [-0.3, -0.25) is 0 Å². The molecule has 0 saturated carbocycles. The lowest BCUT2D eigenvalue weighted by atomic mass is 10.1. The minimum Gasteiger partial charge on any atom is -0.0836 e. The molecule has 0 heterocycles. The molecule has 0 bridgehead atoms. The molecule has 0 aromatic heterocycles. The summed E-state index contributed by atoms with van der Waals surface area (Å²) in [5, 5.41) is 0.874. The highest BCUT2D eigenvalue weighted by Crippen LogP contribution is 2.49. The van der Waals surface area contributed by atoms with Crippen LogP contribution in [0.1, 0.15) is 0 Å². The predicted molar refractivity (Wildman–Crippen MR) is 108 cm³/mol. The van der Waals surface area contributed by atoms with Crippen LogP contribution in [-0.2, 0) is 0 Å². The van der Waals surface area contributed by atoms with Crippen molar-refractivity contribution in [3.63, 3.8) is 0 Å². The van der Waals surface area contributed by atoms with Crippen molar-refractivity contribution in [1.82, 2.24) is 0 Å². The lowest BCUT2D eigenvalue weighted by Crippen LogP contribution is -1.73. The van der Waals surface area contributed by atoms with E-state index in [1.165, 1.54) is 33.4 Å². The van der Waals surface area contributed by atoms with Crippen molar-refractivity contribution < 1.29 is 0 Å². The van der Waals surface area contributed by atoms with Crippen LogP contribution < -0.4 is 0 Å². The van der Waals surface area contributed by atoms with Gasteiger partial charge in [0.05, 0.1) is 0 Å². The SMILES string of the molecule is Clc1cc2cc-2c1-c1ccccc1.c1ccc(-c2ccccc2)cc1. The normalized spacial score (nSPS) is 10.6. The van der Waals surface area contributed by atoms with E-state index >= 15 is 0 Å². The molecule has 120 valence electrons. The third-order valence-corrected chi connectivity index (χ3v) is 4.56. The summed E-state index contributed by atoms with van der Waals surface area (Å²) in [7, 11) is 0. The Bertz CT molecular complexity index is 937. The summed E-state index contributed by atoms with van der Waals surface area (Å²) in [4.78, 5) is 0. The monoisotopic (exact) mass is 340 g/mol. The Morgan fingerprint density at radius 1 is 0.440 bits per heavy atom. The van der Waals surface area contributed by atoms with Crippen molar-refractivity contribution in [2.75, 3.05) is 0 Å². The van der Waals surface area contributed by atoms with Crippen LogP contribution in [0.25, 0.3) is 33.4 Å². The first kappa shape index (κ1) is 15.7. The second-order valence-corrected chi connectivity index (χ2v) is 6.39. The molecule has 0 spiro atoms. The van der Waals surface area contributed by atoms with Gasteiger partial charge < -0.3 is 0 Å². The van der Waals surface area contributed by atoms with Crippen molar-refractivity contribution in [1.29, 1.82) is 0 Å². The number of fused-ring (bicyclic) bond motifs is 1. The molecule has 25 heavy (non-hydrogen) atoms. The number of rotatable bonds is 2. The second-order valence-electron chi connectivity index (χ2n) is 5.98. The summed E-state index contributed by atoms with van der Waals surface area (Å²) in [6.07, 6.45) is 0. The summed E-state index contributed by atoms with van der Waals surface area (Å²) in [5.41, 5.74) is 7.57. The highest BCUT2D eigenvalue weighted by Gasteiger charge is 2.22. The highest BCUT2D eigenvalue weighted by molar-refractivity contribution is 6.36. The minimum absolute atomic E-state index is 0.874. The van der Waals surface area contributed by atoms with Crippen LogP contribution in [0, 0.1) is 0 Å². The van der Waals surface area contributed by atoms with Gasteiger partial charge in [-0.15, -0.1) is 0 Å². The lowest BCUT2D eigenvalue weighted by Gasteiger charge is -1.98. The van der Waals surface area contributed by atoms with Crippen LogP contribution >= 0.6 is 11.6 Å². The molecule has 0 amide bonds. The topological polar surface area (TPSA) is 0 Å². The number of benzene rings is 4. The molecule has 2 aliphatic rings. The first-order valence-corrected chi connectivity index (χ1v) is 8.70. The molecule has 0 atom stereocenters. The Labute approximate surface area is 153 Å². The van der Waals surface area contributed by atoms with E-state index in [-0.39, 0.29) is 0 Å². The fraction of sp³-hybridized carbons (Fsp3) is 0. The van der Waals surface area contributed by atoms with Crippen molar-refractivity contribution >= 4 is 11.6 Å². The molecule has 0 fully saturated rings. The molecule has 0 saturated heterocycles. The number of halogens is 1. The summed E-state index contributed by atoms with van der Waals surface area (Å²) < 4.78 is 0. The fourth-order valence-corrected chi connectivity index (χ4v) is 3.28. The van der Waals surface area contributed by atoms with E-state index in [2.05, 4.69) is 66.7 Å². The van der Waals surface area contributed by atoms with Gasteiger partial charge in [0.15, 0.2) is 0 Å². The second kappa shape index (κ2) is 6.96. The van der Waals surface area contributed by atoms with Crippen LogP contribution in [0.4, 0.5) is 0 Å². The maximum absolute atomic E-state index is 6.10. The molecule has 0 unspecified atom stereocenters. The zero-order valence-electron chi connectivity index (χ0n) is 13.7. The first-order valence-electron chi connectivity index (χ1n) is 8.33. The Morgan fingerprint density at radius 2 is 0.880 bits per heavy atom. The average Bonchev–Trinajstić information content (AvgIpc) is 3.35. The van der Waals surface area contributed by atoms with Crippen molar-refractivity contribution in [3.05, 3.63) is 108 Å². The van der Waals surface area contributed by atoms with Gasteiger partial charge >= 0.3 is 0 Å². The summed E-state index contributed by atoms with van der Waals surface area (Å²) in [5.74, 6) is 0. The Hall–Kier alpha value is -2.83. The van der Waals surface area contributed by atoms with Gasteiger partial charge in [-0.05, 0) is 39.9 Å². The molecular formula is C24H17Cl. The quantitative estimate of drug-likeness (QED) is 0.315. The van der Waals surface area contributed by atoms with Gasteiger partial charge in [-0.25, -0.2) is 0 Å². The van der Waals surface area contributed by atoms with E-state index in [9.17, 15) is 0 Å². The Kier molecular flexibility index (Phi) is 4.37. The molecule has 0 aliphatic heterocycles. The molecule has 1 heteroatoms. The molecule has 0 radical (unpaired) electrons. The van der Waals surface area contributed by atoms with Gasteiger partial charge in [-0.2, -0.15) is 0 Å². The van der Waals surface area contributed by atoms with Gasteiger partial charge in [-0.1, -0.05) is 103 Å². The van der Waals surface area contributed by atoms with E-state index in [1.54, 1.807) is 0 Å². The third-order valence-electron chi connectivity index (χ3n) is 4.26. The van der Waals surface area contributed by atoms with Gasteiger partial charge in [0, 0.05) is 10.6 Å². The van der Waals surface area contributed by atoms with Gasteiger partial charge in [0.2, 0.25) is 0 Å². The summed E-state index contributed by atoms with van der Waals surface area (Å²) in [6.45, 7) is 0. The maximum atomic E-state index is 6.10. The molecule has 3 aromatic carbocycles. The standard InChI is InChI=1S/C12H7Cl.C12H10/c13-11-7-9-6-10(9)12(11)8-4-2-1-3-5-8;1-3-7-11(8-4-1)12-9-5-2-6-10-12/h1-7H;1-10H. The summed E-state index contributed by atoms with van der Waals surface area (Å²) >= 11 is 6.10. The van der Waals surface area contributed by atoms with Crippen LogP contribution in [-0.4, -0.2) is 0 Å². The van der Waals surface area contributed by atoms with Crippen molar-refractivity contribution in [2.24, 2.45) is 0 Å².